The fourth-order valence-electron chi connectivity index (χ4n) is 3.97. The molecule has 1 aromatic rings. The summed E-state index contributed by atoms with van der Waals surface area (Å²) in [4.78, 5) is 10.5. The van der Waals surface area contributed by atoms with E-state index in [1.54, 1.807) is 6.07 Å². The summed E-state index contributed by atoms with van der Waals surface area (Å²) in [5, 5.41) is 8.78. The van der Waals surface area contributed by atoms with Crippen molar-refractivity contribution in [3.63, 3.8) is 0 Å². The van der Waals surface area contributed by atoms with Gasteiger partial charge in [-0.25, -0.2) is 0 Å². The second-order valence-corrected chi connectivity index (χ2v) is 10.8. The van der Waals surface area contributed by atoms with Gasteiger partial charge in [-0.15, -0.1) is 0 Å². The molecule has 0 aliphatic carbocycles. The summed E-state index contributed by atoms with van der Waals surface area (Å²) in [5.74, 6) is -1.24. The molecular weight excluding hydrogens is 457 g/mol. The summed E-state index contributed by atoms with van der Waals surface area (Å²) in [7, 11) is -8.48. The van der Waals surface area contributed by atoms with Gasteiger partial charge in [-0.2, -0.15) is 21.4 Å². The van der Waals surface area contributed by atoms with Gasteiger partial charge in [0.1, 0.15) is 6.54 Å². The van der Waals surface area contributed by atoms with E-state index in [4.69, 9.17) is 9.66 Å². The van der Waals surface area contributed by atoms with Crippen LogP contribution < -0.4 is 0 Å². The van der Waals surface area contributed by atoms with Crippen LogP contribution >= 0.6 is 0 Å². The van der Waals surface area contributed by atoms with Gasteiger partial charge in [-0.1, -0.05) is 12.8 Å². The van der Waals surface area contributed by atoms with Gasteiger partial charge in [-0.3, -0.25) is 13.9 Å². The van der Waals surface area contributed by atoms with Gasteiger partial charge in [0, 0.05) is 31.4 Å². The van der Waals surface area contributed by atoms with Crippen molar-refractivity contribution in [2.24, 2.45) is 0 Å². The van der Waals surface area contributed by atoms with E-state index >= 15 is 0 Å². The Morgan fingerprint density at radius 3 is 2.26 bits per heavy atom. The third kappa shape index (κ3) is 7.34. The molecule has 0 radical (unpaired) electrons. The van der Waals surface area contributed by atoms with Crippen molar-refractivity contribution >= 4 is 67.2 Å². The first-order chi connectivity index (χ1) is 13.8. The van der Waals surface area contributed by atoms with Crippen molar-refractivity contribution < 1.29 is 40.4 Å². The van der Waals surface area contributed by atoms with Crippen LogP contribution in [0.1, 0.15) is 57.9 Å². The fourth-order valence-corrected chi connectivity index (χ4v) is 4.97. The number of carboxylic acids is 1. The monoisotopic (exact) mass is 486 g/mol. The van der Waals surface area contributed by atoms with Crippen LogP contribution in [0.4, 0.5) is 5.69 Å². The SMILES string of the molecule is CC1=[N+](CCCS(=O)(=O)O)c2ccc(S(=O)(=O)O)cc2C1(C)CCCCCC(=O)O.[NaH]. The van der Waals surface area contributed by atoms with Crippen LogP contribution in [0.25, 0.3) is 0 Å². The Hall–Kier alpha value is -0.820. The normalized spacial score (nSPS) is 18.6. The molecule has 31 heavy (non-hydrogen) atoms. The van der Waals surface area contributed by atoms with E-state index in [1.807, 2.05) is 18.4 Å². The van der Waals surface area contributed by atoms with Gasteiger partial charge < -0.3 is 5.11 Å². The van der Waals surface area contributed by atoms with Crippen molar-refractivity contribution in [2.75, 3.05) is 12.3 Å². The summed E-state index contributed by atoms with van der Waals surface area (Å²) in [6.45, 7) is 4.16. The first kappa shape index (κ1) is 28.2. The third-order valence-corrected chi connectivity index (χ3v) is 7.36. The van der Waals surface area contributed by atoms with Crippen LogP contribution in [0.5, 0.6) is 0 Å². The van der Waals surface area contributed by atoms with E-state index in [9.17, 15) is 26.2 Å². The Morgan fingerprint density at radius 1 is 1.06 bits per heavy atom. The quantitative estimate of drug-likeness (QED) is 0.186. The van der Waals surface area contributed by atoms with Crippen molar-refractivity contribution in [3.05, 3.63) is 23.8 Å². The van der Waals surface area contributed by atoms with Crippen molar-refractivity contribution in [1.29, 1.82) is 0 Å². The van der Waals surface area contributed by atoms with Crippen LogP contribution in [0.3, 0.4) is 0 Å². The molecule has 1 aliphatic rings. The number of hydrogen-bond donors (Lipinski definition) is 3. The Balaban J connectivity index is 0.00000480. The first-order valence-electron chi connectivity index (χ1n) is 9.66. The molecule has 1 aliphatic heterocycles. The van der Waals surface area contributed by atoms with Gasteiger partial charge in [0.2, 0.25) is 5.69 Å². The minimum atomic E-state index is -4.39. The van der Waals surface area contributed by atoms with E-state index in [0.717, 1.165) is 17.8 Å². The molecule has 9 nitrogen and oxygen atoms in total. The minimum absolute atomic E-state index is 0. The van der Waals surface area contributed by atoms with E-state index in [-0.39, 0.29) is 53.0 Å². The van der Waals surface area contributed by atoms with Crippen molar-refractivity contribution in [2.45, 2.75) is 62.7 Å². The molecular formula is C19H29NNaO8S2+. The number of unbranched alkanes of at least 4 members (excludes halogenated alkanes) is 2. The van der Waals surface area contributed by atoms with Gasteiger partial charge in [0.05, 0.1) is 16.1 Å². The Kier molecular flexibility index (Phi) is 9.89. The summed E-state index contributed by atoms with van der Waals surface area (Å²) in [6, 6.07) is 4.33. The second kappa shape index (κ2) is 10.9. The zero-order valence-corrected chi connectivity index (χ0v) is 18.7. The van der Waals surface area contributed by atoms with Gasteiger partial charge in [0.25, 0.3) is 20.2 Å². The van der Waals surface area contributed by atoms with E-state index in [2.05, 4.69) is 0 Å². The summed E-state index contributed by atoms with van der Waals surface area (Å²) < 4.78 is 65.8. The number of aliphatic carboxylic acids is 1. The van der Waals surface area contributed by atoms with Gasteiger partial charge >= 0.3 is 35.5 Å². The van der Waals surface area contributed by atoms with Crippen molar-refractivity contribution in [3.8, 4) is 0 Å². The van der Waals surface area contributed by atoms with Crippen LogP contribution in [0.15, 0.2) is 23.1 Å². The zero-order valence-electron chi connectivity index (χ0n) is 17.0. The van der Waals surface area contributed by atoms with Crippen LogP contribution in [-0.2, 0) is 30.4 Å². The molecule has 3 N–H and O–H groups in total. The average molecular weight is 487 g/mol. The summed E-state index contributed by atoms with van der Waals surface area (Å²) in [6.07, 6.45) is 2.87. The van der Waals surface area contributed by atoms with Crippen LogP contribution in [0.2, 0.25) is 0 Å². The molecule has 0 amide bonds. The van der Waals surface area contributed by atoms with Crippen LogP contribution in [-0.4, -0.2) is 89.2 Å². The molecule has 12 heteroatoms. The number of rotatable bonds is 11. The second-order valence-electron chi connectivity index (χ2n) is 7.82. The number of fused-ring (bicyclic) bond motifs is 1. The molecule has 0 spiro atoms. The molecule has 1 atom stereocenters. The van der Waals surface area contributed by atoms with Gasteiger partial charge in [0.15, 0.2) is 5.71 Å². The molecule has 0 fully saturated rings. The predicted molar refractivity (Wildman–Crippen MR) is 118 cm³/mol. The maximum absolute atomic E-state index is 11.6. The first-order valence-corrected chi connectivity index (χ1v) is 12.7. The molecule has 0 aromatic heterocycles. The molecule has 0 saturated heterocycles. The molecule has 1 aromatic carbocycles. The van der Waals surface area contributed by atoms with Gasteiger partial charge in [-0.05, 0) is 31.9 Å². The van der Waals surface area contributed by atoms with E-state index in [0.29, 0.717) is 31.4 Å². The summed E-state index contributed by atoms with van der Waals surface area (Å²) in [5.41, 5.74) is 1.78. The average Bonchev–Trinajstić information content (AvgIpc) is 2.81. The van der Waals surface area contributed by atoms with E-state index < -0.39 is 31.6 Å². The van der Waals surface area contributed by atoms with E-state index in [1.165, 1.54) is 12.1 Å². The Morgan fingerprint density at radius 2 is 1.71 bits per heavy atom. The Bertz CT molecular complexity index is 1070. The standard InChI is InChI=1S/C19H27NO8S2.Na.H/c1-14-19(2,10-5-3-4-7-18(21)22)16-13-15(30(26,27)28)8-9-17(16)20(14)11-6-12-29(23,24)25;;/h8-9,13H,3-7,10-12H2,1-2H3,(H2-,21,22,23,24,25,26,27,28);;/p+1. The number of benzene rings is 1. The summed E-state index contributed by atoms with van der Waals surface area (Å²) >= 11 is 0. The molecule has 0 bridgehead atoms. The predicted octanol–water partition coefficient (Wildman–Crippen LogP) is 1.97. The number of hydrogen-bond acceptors (Lipinski definition) is 5. The molecule has 1 heterocycles. The topological polar surface area (TPSA) is 149 Å². The van der Waals surface area contributed by atoms with Crippen molar-refractivity contribution in [1.82, 2.24) is 0 Å². The fraction of sp³-hybridized carbons (Fsp3) is 0.579. The van der Waals surface area contributed by atoms with Crippen LogP contribution in [0, 0.1) is 0 Å². The Labute approximate surface area is 205 Å². The molecule has 0 saturated carbocycles. The molecule has 1 unspecified atom stereocenters. The number of carboxylic acid groups (broad SMARTS) is 1. The molecule has 170 valence electrons. The maximum atomic E-state index is 11.6. The third-order valence-electron chi connectivity index (χ3n) is 5.71. The zero-order chi connectivity index (χ0) is 22.7. The molecule has 2 rings (SSSR count). The number of nitrogens with zero attached hydrogens (tertiary/aromatic N) is 1. The number of carbonyl (C=O) groups is 1.